The van der Waals surface area contributed by atoms with Crippen molar-refractivity contribution in [1.82, 2.24) is 4.90 Å². The Balaban J connectivity index is 1.71. The molecule has 25 heavy (non-hydrogen) atoms. The number of carbonyl (C=O) groups is 1. The van der Waals surface area contributed by atoms with E-state index in [1.165, 1.54) is 17.7 Å². The van der Waals surface area contributed by atoms with Crippen molar-refractivity contribution in [3.8, 4) is 5.75 Å². The van der Waals surface area contributed by atoms with Crippen LogP contribution >= 0.6 is 11.8 Å². The molecule has 1 aliphatic rings. The number of aryl methyl sites for hydroxylation is 1. The third-order valence-corrected chi connectivity index (χ3v) is 5.09. The Bertz CT molecular complexity index is 740. The number of hydrogen-bond acceptors (Lipinski definition) is 3. The fraction of sp³-hybridized carbons (Fsp3) is 0.278. The maximum absolute atomic E-state index is 12.6. The van der Waals surface area contributed by atoms with Gasteiger partial charge in [-0.05, 0) is 24.6 Å². The normalized spacial score (nSPS) is 17.0. The Kier molecular flexibility index (Phi) is 5.43. The Labute approximate surface area is 149 Å². The quantitative estimate of drug-likeness (QED) is 0.841. The van der Waals surface area contributed by atoms with E-state index < -0.39 is 6.61 Å². The molecule has 2 amide bonds. The summed E-state index contributed by atoms with van der Waals surface area (Å²) in [6.45, 7) is -0.251. The second-order valence-electron chi connectivity index (χ2n) is 5.66. The number of hydrogen-bond donors (Lipinski definition) is 1. The zero-order chi connectivity index (χ0) is 17.8. The first-order valence-corrected chi connectivity index (χ1v) is 8.88. The molecule has 0 saturated carbocycles. The topological polar surface area (TPSA) is 41.6 Å². The van der Waals surface area contributed by atoms with Crippen LogP contribution in [0.25, 0.3) is 0 Å². The number of amides is 2. The highest BCUT2D eigenvalue weighted by atomic mass is 32.2. The number of alkyl halides is 2. The zero-order valence-electron chi connectivity index (χ0n) is 13.6. The lowest BCUT2D eigenvalue weighted by atomic mass is 10.1. The average Bonchev–Trinajstić information content (AvgIpc) is 3.05. The van der Waals surface area contributed by atoms with Crippen molar-refractivity contribution in [2.75, 3.05) is 17.6 Å². The van der Waals surface area contributed by atoms with E-state index in [4.69, 9.17) is 0 Å². The van der Waals surface area contributed by atoms with Crippen molar-refractivity contribution >= 4 is 23.5 Å². The summed E-state index contributed by atoms with van der Waals surface area (Å²) in [5, 5.41) is 2.70. The van der Waals surface area contributed by atoms with Gasteiger partial charge in [0.05, 0.1) is 0 Å². The molecule has 7 heteroatoms. The molecular formula is C18H18F2N2O2S. The Morgan fingerprint density at radius 3 is 2.76 bits per heavy atom. The third-order valence-electron chi connectivity index (χ3n) is 3.82. The van der Waals surface area contributed by atoms with E-state index in [2.05, 4.69) is 10.1 Å². The molecule has 4 nitrogen and oxygen atoms in total. The van der Waals surface area contributed by atoms with Crippen molar-refractivity contribution in [3.63, 3.8) is 0 Å². The molecule has 3 rings (SSSR count). The summed E-state index contributed by atoms with van der Waals surface area (Å²) in [5.41, 5.74) is 2.65. The average molecular weight is 364 g/mol. The molecule has 0 aliphatic carbocycles. The van der Waals surface area contributed by atoms with Gasteiger partial charge in [-0.3, -0.25) is 0 Å². The van der Waals surface area contributed by atoms with Gasteiger partial charge in [-0.15, -0.1) is 11.8 Å². The molecule has 1 atom stereocenters. The molecule has 0 spiro atoms. The molecule has 0 bridgehead atoms. The Hall–Kier alpha value is -2.28. The van der Waals surface area contributed by atoms with Gasteiger partial charge in [0.2, 0.25) is 0 Å². The van der Waals surface area contributed by atoms with Gasteiger partial charge in [-0.2, -0.15) is 8.78 Å². The molecule has 0 radical (unpaired) electrons. The second-order valence-corrected chi connectivity index (χ2v) is 6.85. The second kappa shape index (κ2) is 7.74. The minimum atomic E-state index is -2.90. The van der Waals surface area contributed by atoms with Crippen molar-refractivity contribution in [3.05, 3.63) is 59.7 Å². The largest absolute Gasteiger partial charge is 0.435 e. The van der Waals surface area contributed by atoms with Crippen molar-refractivity contribution < 1.29 is 18.3 Å². The molecule has 1 fully saturated rings. The predicted molar refractivity (Wildman–Crippen MR) is 95.2 cm³/mol. The molecule has 1 N–H and O–H groups in total. The molecule has 0 aromatic heterocycles. The molecule has 2 aromatic rings. The Morgan fingerprint density at radius 2 is 2.04 bits per heavy atom. The molecule has 132 valence electrons. The SMILES string of the molecule is Cc1ccc(C2SCCN2C(=O)Nc2cccc(OC(F)F)c2)cc1. The molecule has 1 aliphatic heterocycles. The summed E-state index contributed by atoms with van der Waals surface area (Å²) in [7, 11) is 0. The van der Waals surface area contributed by atoms with E-state index in [-0.39, 0.29) is 17.2 Å². The summed E-state index contributed by atoms with van der Waals surface area (Å²) in [5.74, 6) is 0.860. The number of urea groups is 1. The van der Waals surface area contributed by atoms with Crippen LogP contribution in [0.3, 0.4) is 0 Å². The maximum Gasteiger partial charge on any atom is 0.387 e. The van der Waals surface area contributed by atoms with Gasteiger partial charge in [-0.25, -0.2) is 4.79 Å². The lowest BCUT2D eigenvalue weighted by Crippen LogP contribution is -2.34. The van der Waals surface area contributed by atoms with Gasteiger partial charge in [0.25, 0.3) is 0 Å². The van der Waals surface area contributed by atoms with Crippen LogP contribution in [0.15, 0.2) is 48.5 Å². The lowest BCUT2D eigenvalue weighted by molar-refractivity contribution is -0.0497. The van der Waals surface area contributed by atoms with Gasteiger partial charge >= 0.3 is 12.6 Å². The number of nitrogens with zero attached hydrogens (tertiary/aromatic N) is 1. The molecule has 2 aromatic carbocycles. The van der Waals surface area contributed by atoms with Crippen LogP contribution in [0.1, 0.15) is 16.5 Å². The molecular weight excluding hydrogens is 346 g/mol. The first-order valence-electron chi connectivity index (χ1n) is 7.83. The van der Waals surface area contributed by atoms with Crippen molar-refractivity contribution in [2.24, 2.45) is 0 Å². The van der Waals surface area contributed by atoms with Gasteiger partial charge in [0.15, 0.2) is 0 Å². The van der Waals surface area contributed by atoms with E-state index in [0.29, 0.717) is 12.2 Å². The number of ether oxygens (including phenoxy) is 1. The number of anilines is 1. The lowest BCUT2D eigenvalue weighted by Gasteiger charge is -2.24. The van der Waals surface area contributed by atoms with E-state index in [9.17, 15) is 13.6 Å². The van der Waals surface area contributed by atoms with Gasteiger partial charge < -0.3 is 15.0 Å². The minimum Gasteiger partial charge on any atom is -0.435 e. The Morgan fingerprint density at radius 1 is 1.28 bits per heavy atom. The van der Waals surface area contributed by atoms with E-state index in [1.807, 2.05) is 31.2 Å². The van der Waals surface area contributed by atoms with E-state index in [1.54, 1.807) is 28.8 Å². The first-order chi connectivity index (χ1) is 12.0. The van der Waals surface area contributed by atoms with Crippen molar-refractivity contribution in [2.45, 2.75) is 18.9 Å². The molecule has 1 saturated heterocycles. The zero-order valence-corrected chi connectivity index (χ0v) is 14.4. The minimum absolute atomic E-state index is 0.0127. The van der Waals surface area contributed by atoms with Crippen LogP contribution in [0.2, 0.25) is 0 Å². The predicted octanol–water partition coefficient (Wildman–Crippen LogP) is 4.88. The smallest absolute Gasteiger partial charge is 0.387 e. The maximum atomic E-state index is 12.6. The monoisotopic (exact) mass is 364 g/mol. The standard InChI is InChI=1S/C18H18F2N2O2S/c1-12-5-7-13(8-6-12)16-22(9-10-25-16)18(23)21-14-3-2-4-15(11-14)24-17(19)20/h2-8,11,16-17H,9-10H2,1H3,(H,21,23). The number of carbonyl (C=O) groups excluding carboxylic acids is 1. The van der Waals surface area contributed by atoms with Gasteiger partial charge in [0.1, 0.15) is 11.1 Å². The number of thioether (sulfide) groups is 1. The van der Waals surface area contributed by atoms with Gasteiger partial charge in [-0.1, -0.05) is 35.9 Å². The number of benzene rings is 2. The van der Waals surface area contributed by atoms with Crippen molar-refractivity contribution in [1.29, 1.82) is 0 Å². The van der Waals surface area contributed by atoms with Crippen LogP contribution in [0.4, 0.5) is 19.3 Å². The van der Waals surface area contributed by atoms with Crippen LogP contribution in [0, 0.1) is 6.92 Å². The first kappa shape index (κ1) is 17.5. The number of rotatable bonds is 4. The molecule has 1 unspecified atom stereocenters. The van der Waals surface area contributed by atoms with Crippen LogP contribution in [-0.4, -0.2) is 29.8 Å². The molecule has 1 heterocycles. The van der Waals surface area contributed by atoms with E-state index in [0.717, 1.165) is 11.3 Å². The summed E-state index contributed by atoms with van der Waals surface area (Å²) in [6.07, 6.45) is 0. The fourth-order valence-electron chi connectivity index (χ4n) is 2.63. The van der Waals surface area contributed by atoms with Crippen LogP contribution in [0.5, 0.6) is 5.75 Å². The highest BCUT2D eigenvalue weighted by Crippen LogP contribution is 2.38. The third kappa shape index (κ3) is 4.42. The van der Waals surface area contributed by atoms with Crippen LogP contribution < -0.4 is 10.1 Å². The highest BCUT2D eigenvalue weighted by molar-refractivity contribution is 7.99. The summed E-state index contributed by atoms with van der Waals surface area (Å²) < 4.78 is 29.0. The highest BCUT2D eigenvalue weighted by Gasteiger charge is 2.30. The fourth-order valence-corrected chi connectivity index (χ4v) is 3.89. The number of halogens is 2. The van der Waals surface area contributed by atoms with E-state index >= 15 is 0 Å². The number of nitrogens with one attached hydrogen (secondary N) is 1. The van der Waals surface area contributed by atoms with Crippen LogP contribution in [-0.2, 0) is 0 Å². The summed E-state index contributed by atoms with van der Waals surface area (Å²) >= 11 is 1.70. The summed E-state index contributed by atoms with van der Waals surface area (Å²) in [6, 6.07) is 13.8. The van der Waals surface area contributed by atoms with Gasteiger partial charge in [0, 0.05) is 24.1 Å². The summed E-state index contributed by atoms with van der Waals surface area (Å²) in [4.78, 5) is 14.4.